The van der Waals surface area contributed by atoms with Crippen molar-refractivity contribution in [1.29, 1.82) is 0 Å². The van der Waals surface area contributed by atoms with Crippen LogP contribution in [0, 0.1) is 0 Å². The highest BCUT2D eigenvalue weighted by Crippen LogP contribution is 2.23. The standard InChI is InChI=1S/C26H39N3O3/c1-20(2)29(18-21-6-8-22(9-7-21)26(3,4)5)19-23-10-11-24(32-23)25(30)27-12-13-28-14-16-31-17-15-28/h6-11,20H,12-19H2,1-5H3,(H,27,30). The minimum Gasteiger partial charge on any atom is -0.455 e. The van der Waals surface area contributed by atoms with Crippen LogP contribution in [0.5, 0.6) is 0 Å². The molecule has 1 amide bonds. The molecule has 0 bridgehead atoms. The van der Waals surface area contributed by atoms with E-state index in [1.165, 1.54) is 11.1 Å². The van der Waals surface area contributed by atoms with E-state index in [2.05, 4.69) is 74.0 Å². The van der Waals surface area contributed by atoms with Crippen LogP contribution in [0.1, 0.15) is 62.1 Å². The molecule has 32 heavy (non-hydrogen) atoms. The van der Waals surface area contributed by atoms with E-state index in [4.69, 9.17) is 9.15 Å². The van der Waals surface area contributed by atoms with Gasteiger partial charge in [0.15, 0.2) is 5.76 Å². The molecule has 0 spiro atoms. The Morgan fingerprint density at radius 1 is 1.06 bits per heavy atom. The second kappa shape index (κ2) is 11.1. The number of furan rings is 1. The van der Waals surface area contributed by atoms with Gasteiger partial charge in [0.05, 0.1) is 19.8 Å². The molecule has 1 aliphatic heterocycles. The maximum atomic E-state index is 12.5. The van der Waals surface area contributed by atoms with Crippen molar-refractivity contribution >= 4 is 5.91 Å². The number of nitrogens with one attached hydrogen (secondary N) is 1. The van der Waals surface area contributed by atoms with E-state index in [0.29, 0.717) is 24.9 Å². The first-order chi connectivity index (χ1) is 15.2. The number of carbonyl (C=O) groups is 1. The van der Waals surface area contributed by atoms with Gasteiger partial charge in [-0.05, 0) is 42.5 Å². The number of rotatable bonds is 9. The SMILES string of the molecule is CC(C)N(Cc1ccc(C(C)(C)C)cc1)Cc1ccc(C(=O)NCCN2CCOCC2)o1. The largest absolute Gasteiger partial charge is 0.455 e. The first-order valence-corrected chi connectivity index (χ1v) is 11.7. The number of morpholine rings is 1. The van der Waals surface area contributed by atoms with Gasteiger partial charge in [-0.3, -0.25) is 14.6 Å². The lowest BCUT2D eigenvalue weighted by Crippen LogP contribution is -2.41. The number of hydrogen-bond donors (Lipinski definition) is 1. The summed E-state index contributed by atoms with van der Waals surface area (Å²) in [6.07, 6.45) is 0. The molecule has 1 aromatic carbocycles. The fraction of sp³-hybridized carbons (Fsp3) is 0.577. The molecule has 1 aliphatic rings. The third kappa shape index (κ3) is 7.19. The third-order valence-electron chi connectivity index (χ3n) is 6.00. The molecule has 6 nitrogen and oxygen atoms in total. The number of nitrogens with zero attached hydrogens (tertiary/aromatic N) is 2. The van der Waals surface area contributed by atoms with Gasteiger partial charge in [-0.15, -0.1) is 0 Å². The van der Waals surface area contributed by atoms with Crippen LogP contribution >= 0.6 is 0 Å². The predicted octanol–water partition coefficient (Wildman–Crippen LogP) is 4.05. The van der Waals surface area contributed by atoms with E-state index in [9.17, 15) is 4.79 Å². The average Bonchev–Trinajstić information content (AvgIpc) is 3.22. The lowest BCUT2D eigenvalue weighted by Gasteiger charge is -2.26. The Morgan fingerprint density at radius 2 is 1.75 bits per heavy atom. The van der Waals surface area contributed by atoms with Crippen molar-refractivity contribution in [2.75, 3.05) is 39.4 Å². The molecule has 176 valence electrons. The van der Waals surface area contributed by atoms with E-state index < -0.39 is 0 Å². The van der Waals surface area contributed by atoms with Crippen molar-refractivity contribution in [1.82, 2.24) is 15.1 Å². The molecule has 1 aromatic heterocycles. The van der Waals surface area contributed by atoms with Crippen molar-refractivity contribution in [3.8, 4) is 0 Å². The highest BCUT2D eigenvalue weighted by molar-refractivity contribution is 5.91. The van der Waals surface area contributed by atoms with Crippen LogP contribution < -0.4 is 5.32 Å². The summed E-state index contributed by atoms with van der Waals surface area (Å²) in [7, 11) is 0. The Kier molecular flexibility index (Phi) is 8.51. The summed E-state index contributed by atoms with van der Waals surface area (Å²) in [5.74, 6) is 1.03. The summed E-state index contributed by atoms with van der Waals surface area (Å²) in [5.41, 5.74) is 2.77. The lowest BCUT2D eigenvalue weighted by molar-refractivity contribution is 0.0382. The highest BCUT2D eigenvalue weighted by atomic mass is 16.5. The van der Waals surface area contributed by atoms with Gasteiger partial charge < -0.3 is 14.5 Å². The van der Waals surface area contributed by atoms with Gasteiger partial charge in [-0.1, -0.05) is 45.0 Å². The zero-order chi connectivity index (χ0) is 23.1. The Labute approximate surface area is 192 Å². The number of ether oxygens (including phenoxy) is 1. The van der Waals surface area contributed by atoms with Gasteiger partial charge in [0.1, 0.15) is 5.76 Å². The predicted molar refractivity (Wildman–Crippen MR) is 128 cm³/mol. The summed E-state index contributed by atoms with van der Waals surface area (Å²) in [6.45, 7) is 17.4. The maximum Gasteiger partial charge on any atom is 0.287 e. The smallest absolute Gasteiger partial charge is 0.287 e. The molecule has 0 saturated carbocycles. The quantitative estimate of drug-likeness (QED) is 0.636. The number of hydrogen-bond acceptors (Lipinski definition) is 5. The zero-order valence-electron chi connectivity index (χ0n) is 20.3. The summed E-state index contributed by atoms with van der Waals surface area (Å²) >= 11 is 0. The maximum absolute atomic E-state index is 12.5. The first kappa shape index (κ1) is 24.5. The lowest BCUT2D eigenvalue weighted by atomic mass is 9.87. The number of amides is 1. The molecule has 3 rings (SSSR count). The van der Waals surface area contributed by atoms with Crippen molar-refractivity contribution in [3.63, 3.8) is 0 Å². The fourth-order valence-corrected chi connectivity index (χ4v) is 3.79. The molecule has 0 radical (unpaired) electrons. The zero-order valence-corrected chi connectivity index (χ0v) is 20.3. The van der Waals surface area contributed by atoms with Gasteiger partial charge in [-0.2, -0.15) is 0 Å². The van der Waals surface area contributed by atoms with Crippen LogP contribution in [-0.4, -0.2) is 61.1 Å². The molecule has 2 heterocycles. The molecule has 2 aromatic rings. The molecular weight excluding hydrogens is 402 g/mol. The monoisotopic (exact) mass is 441 g/mol. The molecule has 1 N–H and O–H groups in total. The Bertz CT molecular complexity index is 846. The fourth-order valence-electron chi connectivity index (χ4n) is 3.79. The topological polar surface area (TPSA) is 58.0 Å². The third-order valence-corrected chi connectivity index (χ3v) is 6.00. The second-order valence-corrected chi connectivity index (χ2v) is 9.92. The van der Waals surface area contributed by atoms with Gasteiger partial charge in [0, 0.05) is 38.8 Å². The molecule has 0 atom stereocenters. The van der Waals surface area contributed by atoms with E-state index in [0.717, 1.165) is 45.2 Å². The summed E-state index contributed by atoms with van der Waals surface area (Å²) in [5, 5.41) is 2.96. The van der Waals surface area contributed by atoms with Gasteiger partial charge in [-0.25, -0.2) is 0 Å². The Hall–Kier alpha value is -2.15. The molecule has 1 fully saturated rings. The molecule has 1 saturated heterocycles. The molecular formula is C26H39N3O3. The van der Waals surface area contributed by atoms with Crippen molar-refractivity contribution in [3.05, 3.63) is 59.0 Å². The van der Waals surface area contributed by atoms with Gasteiger partial charge >= 0.3 is 0 Å². The van der Waals surface area contributed by atoms with Crippen LogP contribution in [0.3, 0.4) is 0 Å². The summed E-state index contributed by atoms with van der Waals surface area (Å²) in [6, 6.07) is 12.9. The Balaban J connectivity index is 1.52. The van der Waals surface area contributed by atoms with E-state index in [-0.39, 0.29) is 11.3 Å². The van der Waals surface area contributed by atoms with E-state index >= 15 is 0 Å². The summed E-state index contributed by atoms with van der Waals surface area (Å²) in [4.78, 5) is 17.1. The summed E-state index contributed by atoms with van der Waals surface area (Å²) < 4.78 is 11.2. The minimum absolute atomic E-state index is 0.154. The minimum atomic E-state index is -0.154. The van der Waals surface area contributed by atoms with Crippen molar-refractivity contribution in [2.24, 2.45) is 0 Å². The van der Waals surface area contributed by atoms with Crippen molar-refractivity contribution in [2.45, 2.75) is 59.2 Å². The van der Waals surface area contributed by atoms with E-state index in [1.807, 2.05) is 6.07 Å². The normalized spacial score (nSPS) is 15.5. The highest BCUT2D eigenvalue weighted by Gasteiger charge is 2.18. The molecule has 6 heteroatoms. The number of carbonyl (C=O) groups excluding carboxylic acids is 1. The van der Waals surface area contributed by atoms with Crippen LogP contribution in [0.4, 0.5) is 0 Å². The van der Waals surface area contributed by atoms with Crippen LogP contribution in [0.15, 0.2) is 40.8 Å². The second-order valence-electron chi connectivity index (χ2n) is 9.92. The molecule has 0 aliphatic carbocycles. The van der Waals surface area contributed by atoms with Crippen LogP contribution in [0.2, 0.25) is 0 Å². The number of benzene rings is 1. The Morgan fingerprint density at radius 3 is 2.38 bits per heavy atom. The molecule has 0 unspecified atom stereocenters. The van der Waals surface area contributed by atoms with Gasteiger partial charge in [0.2, 0.25) is 0 Å². The van der Waals surface area contributed by atoms with Gasteiger partial charge in [0.25, 0.3) is 5.91 Å². The van der Waals surface area contributed by atoms with E-state index in [1.54, 1.807) is 6.07 Å². The first-order valence-electron chi connectivity index (χ1n) is 11.7. The van der Waals surface area contributed by atoms with Crippen LogP contribution in [0.25, 0.3) is 0 Å². The average molecular weight is 442 g/mol. The van der Waals surface area contributed by atoms with Crippen molar-refractivity contribution < 1.29 is 13.9 Å². The van der Waals surface area contributed by atoms with Crippen LogP contribution in [-0.2, 0) is 23.2 Å².